The molecule has 0 saturated carbocycles. The van der Waals surface area contributed by atoms with Gasteiger partial charge in [-0.3, -0.25) is 4.79 Å². The lowest BCUT2D eigenvalue weighted by molar-refractivity contribution is -0.143. The maximum atomic E-state index is 12.9. The van der Waals surface area contributed by atoms with Gasteiger partial charge < -0.3 is 5.11 Å². The Morgan fingerprint density at radius 3 is 2.60 bits per heavy atom. The van der Waals surface area contributed by atoms with Gasteiger partial charge in [0, 0.05) is 0 Å². The molecule has 0 amide bonds. The van der Waals surface area contributed by atoms with E-state index in [0.29, 0.717) is 6.42 Å². The summed E-state index contributed by atoms with van der Waals surface area (Å²) in [4.78, 5) is 10.9. The van der Waals surface area contributed by atoms with E-state index in [1.54, 1.807) is 12.1 Å². The van der Waals surface area contributed by atoms with Crippen LogP contribution >= 0.6 is 0 Å². The average molecular weight is 210 g/mol. The van der Waals surface area contributed by atoms with Crippen molar-refractivity contribution in [3.05, 3.63) is 35.6 Å². The molecule has 0 saturated heterocycles. The van der Waals surface area contributed by atoms with Crippen molar-refractivity contribution in [2.45, 2.75) is 20.3 Å². The van der Waals surface area contributed by atoms with Crippen LogP contribution in [0.4, 0.5) is 4.39 Å². The van der Waals surface area contributed by atoms with Crippen LogP contribution in [-0.4, -0.2) is 11.1 Å². The molecule has 1 aromatic carbocycles. The number of benzene rings is 1. The molecule has 0 radical (unpaired) electrons. The third kappa shape index (κ3) is 3.35. The largest absolute Gasteiger partial charge is 0.481 e. The van der Waals surface area contributed by atoms with Crippen molar-refractivity contribution >= 4 is 5.97 Å². The van der Waals surface area contributed by atoms with Crippen molar-refractivity contribution in [1.82, 2.24) is 0 Å². The van der Waals surface area contributed by atoms with Crippen LogP contribution in [0.3, 0.4) is 0 Å². The zero-order valence-corrected chi connectivity index (χ0v) is 8.90. The summed E-state index contributed by atoms with van der Waals surface area (Å²) in [6.07, 6.45) is 0.380. The molecule has 1 N–H and O–H groups in total. The molecule has 0 aliphatic rings. The third-order valence-corrected chi connectivity index (χ3v) is 2.47. The summed E-state index contributed by atoms with van der Waals surface area (Å²) in [6, 6.07) is 6.10. The quantitative estimate of drug-likeness (QED) is 0.829. The summed E-state index contributed by atoms with van der Waals surface area (Å²) in [5.41, 5.74) is 0.733. The Balaban J connectivity index is 2.79. The van der Waals surface area contributed by atoms with E-state index in [1.807, 2.05) is 13.8 Å². The summed E-state index contributed by atoms with van der Waals surface area (Å²) in [7, 11) is 0. The van der Waals surface area contributed by atoms with Gasteiger partial charge in [-0.2, -0.15) is 0 Å². The highest BCUT2D eigenvalue weighted by molar-refractivity contribution is 5.70. The van der Waals surface area contributed by atoms with Crippen LogP contribution in [0.15, 0.2) is 24.3 Å². The van der Waals surface area contributed by atoms with Gasteiger partial charge in [0.1, 0.15) is 5.82 Å². The van der Waals surface area contributed by atoms with Crippen molar-refractivity contribution < 1.29 is 14.3 Å². The second-order valence-corrected chi connectivity index (χ2v) is 4.02. The van der Waals surface area contributed by atoms with Gasteiger partial charge in [0.25, 0.3) is 0 Å². The summed E-state index contributed by atoms with van der Waals surface area (Å²) in [5, 5.41) is 8.98. The zero-order chi connectivity index (χ0) is 11.4. The molecule has 1 atom stereocenters. The van der Waals surface area contributed by atoms with Gasteiger partial charge in [-0.05, 0) is 30.0 Å². The number of carboxylic acids is 1. The Labute approximate surface area is 88.7 Å². The van der Waals surface area contributed by atoms with E-state index in [0.717, 1.165) is 5.56 Å². The predicted octanol–water partition coefficient (Wildman–Crippen LogP) is 2.73. The Morgan fingerprint density at radius 1 is 1.47 bits per heavy atom. The van der Waals surface area contributed by atoms with E-state index in [2.05, 4.69) is 0 Å². The number of carboxylic acid groups (broad SMARTS) is 1. The van der Waals surface area contributed by atoms with Gasteiger partial charge >= 0.3 is 5.97 Å². The van der Waals surface area contributed by atoms with Gasteiger partial charge in [0.2, 0.25) is 0 Å². The molecule has 1 aromatic rings. The maximum Gasteiger partial charge on any atom is 0.307 e. The van der Waals surface area contributed by atoms with Crippen LogP contribution in [0.25, 0.3) is 0 Å². The molecule has 3 heteroatoms. The van der Waals surface area contributed by atoms with Gasteiger partial charge in [0.15, 0.2) is 0 Å². The van der Waals surface area contributed by atoms with E-state index in [4.69, 9.17) is 5.11 Å². The Kier molecular flexibility index (Phi) is 3.83. The van der Waals surface area contributed by atoms with Crippen molar-refractivity contribution in [3.8, 4) is 0 Å². The monoisotopic (exact) mass is 210 g/mol. The molecular formula is C12H15FO2. The SMILES string of the molecule is CC(C)C(Cc1cccc(F)c1)C(=O)O. The number of rotatable bonds is 4. The maximum absolute atomic E-state index is 12.9. The first-order chi connectivity index (χ1) is 7.00. The van der Waals surface area contributed by atoms with Crippen molar-refractivity contribution in [2.75, 3.05) is 0 Å². The molecule has 0 aliphatic carbocycles. The molecule has 0 bridgehead atoms. The Morgan fingerprint density at radius 2 is 2.13 bits per heavy atom. The summed E-state index contributed by atoms with van der Waals surface area (Å²) in [5.74, 6) is -1.55. The molecule has 82 valence electrons. The second kappa shape index (κ2) is 4.91. The molecule has 0 fully saturated rings. The van der Waals surface area contributed by atoms with Gasteiger partial charge in [-0.1, -0.05) is 26.0 Å². The number of hydrogen-bond acceptors (Lipinski definition) is 1. The highest BCUT2D eigenvalue weighted by Crippen LogP contribution is 2.18. The molecule has 2 nitrogen and oxygen atoms in total. The van der Waals surface area contributed by atoms with E-state index < -0.39 is 11.9 Å². The van der Waals surface area contributed by atoms with E-state index in [1.165, 1.54) is 12.1 Å². The summed E-state index contributed by atoms with van der Waals surface area (Å²) in [6.45, 7) is 3.72. The molecule has 0 aliphatic heterocycles. The summed E-state index contributed by atoms with van der Waals surface area (Å²) >= 11 is 0. The first kappa shape index (κ1) is 11.7. The predicted molar refractivity (Wildman–Crippen MR) is 56.1 cm³/mol. The molecule has 0 heterocycles. The average Bonchev–Trinajstić information content (AvgIpc) is 2.13. The van der Waals surface area contributed by atoms with Gasteiger partial charge in [0.05, 0.1) is 5.92 Å². The topological polar surface area (TPSA) is 37.3 Å². The standard InChI is InChI=1S/C12H15FO2/c1-8(2)11(12(14)15)7-9-4-3-5-10(13)6-9/h3-6,8,11H,7H2,1-2H3,(H,14,15). The number of hydrogen-bond donors (Lipinski definition) is 1. The van der Waals surface area contributed by atoms with Crippen molar-refractivity contribution in [1.29, 1.82) is 0 Å². The molecule has 15 heavy (non-hydrogen) atoms. The number of halogens is 1. The molecule has 0 aromatic heterocycles. The summed E-state index contributed by atoms with van der Waals surface area (Å²) < 4.78 is 12.9. The van der Waals surface area contributed by atoms with Gasteiger partial charge in [-0.15, -0.1) is 0 Å². The highest BCUT2D eigenvalue weighted by atomic mass is 19.1. The number of carbonyl (C=O) groups is 1. The first-order valence-electron chi connectivity index (χ1n) is 4.98. The van der Waals surface area contributed by atoms with Crippen LogP contribution in [0.2, 0.25) is 0 Å². The van der Waals surface area contributed by atoms with Gasteiger partial charge in [-0.25, -0.2) is 4.39 Å². The highest BCUT2D eigenvalue weighted by Gasteiger charge is 2.21. The van der Waals surface area contributed by atoms with Crippen LogP contribution in [-0.2, 0) is 11.2 Å². The van der Waals surface area contributed by atoms with Crippen LogP contribution in [0.1, 0.15) is 19.4 Å². The Bertz CT molecular complexity index is 347. The Hall–Kier alpha value is -1.38. The number of aliphatic carboxylic acids is 1. The second-order valence-electron chi connectivity index (χ2n) is 4.02. The smallest absolute Gasteiger partial charge is 0.307 e. The van der Waals surface area contributed by atoms with E-state index in [9.17, 15) is 9.18 Å². The van der Waals surface area contributed by atoms with Crippen molar-refractivity contribution in [2.24, 2.45) is 11.8 Å². The lowest BCUT2D eigenvalue weighted by Crippen LogP contribution is -2.22. The minimum atomic E-state index is -0.825. The first-order valence-corrected chi connectivity index (χ1v) is 4.98. The lowest BCUT2D eigenvalue weighted by Gasteiger charge is -2.15. The zero-order valence-electron chi connectivity index (χ0n) is 8.90. The van der Waals surface area contributed by atoms with Crippen LogP contribution in [0, 0.1) is 17.7 Å². The fourth-order valence-corrected chi connectivity index (χ4v) is 1.53. The van der Waals surface area contributed by atoms with E-state index >= 15 is 0 Å². The van der Waals surface area contributed by atoms with E-state index in [-0.39, 0.29) is 11.7 Å². The normalized spacial score (nSPS) is 12.8. The third-order valence-electron chi connectivity index (χ3n) is 2.47. The van der Waals surface area contributed by atoms with Crippen LogP contribution < -0.4 is 0 Å². The minimum Gasteiger partial charge on any atom is -0.481 e. The molecule has 1 rings (SSSR count). The molecule has 0 spiro atoms. The van der Waals surface area contributed by atoms with Crippen molar-refractivity contribution in [3.63, 3.8) is 0 Å². The molecule has 1 unspecified atom stereocenters. The minimum absolute atomic E-state index is 0.0470. The molecular weight excluding hydrogens is 195 g/mol. The fraction of sp³-hybridized carbons (Fsp3) is 0.417. The van der Waals surface area contributed by atoms with Crippen LogP contribution in [0.5, 0.6) is 0 Å². The fourth-order valence-electron chi connectivity index (χ4n) is 1.53. The lowest BCUT2D eigenvalue weighted by atomic mass is 9.89.